The lowest BCUT2D eigenvalue weighted by Gasteiger charge is -2.03. The van der Waals surface area contributed by atoms with E-state index in [2.05, 4.69) is 6.92 Å². The van der Waals surface area contributed by atoms with E-state index in [-0.39, 0.29) is 0 Å². The third-order valence-electron chi connectivity index (χ3n) is 1.56. The molecule has 0 aliphatic heterocycles. The first kappa shape index (κ1) is 11.2. The molecule has 0 spiro atoms. The number of rotatable bonds is 6. The maximum absolute atomic E-state index is 9.92. The lowest BCUT2D eigenvalue weighted by molar-refractivity contribution is -0.297. The largest absolute Gasteiger partial charge is 0.545 e. The Labute approximate surface area is 72.7 Å². The minimum atomic E-state index is -1.26. The van der Waals surface area contributed by atoms with Crippen molar-refractivity contribution in [2.24, 2.45) is 0 Å². The number of aliphatic hydroxyl groups is 1. The highest BCUT2D eigenvalue weighted by molar-refractivity contribution is 5.77. The standard InChI is InChI=1S/C9H16O3/c1-2-3-4-5-8(10)6-7-9(11)12/h6-8,10H,2-5H2,1H3,(H,11,12)/p-1/b7-6+. The molecule has 0 aliphatic carbocycles. The molecule has 0 saturated carbocycles. The lowest BCUT2D eigenvalue weighted by atomic mass is 10.1. The number of hydrogen-bond donors (Lipinski definition) is 1. The summed E-state index contributed by atoms with van der Waals surface area (Å²) in [5, 5.41) is 19.1. The molecular weight excluding hydrogens is 156 g/mol. The average molecular weight is 171 g/mol. The van der Waals surface area contributed by atoms with Crippen LogP contribution in [0.2, 0.25) is 0 Å². The number of aliphatic hydroxyl groups excluding tert-OH is 1. The van der Waals surface area contributed by atoms with Gasteiger partial charge in [0.15, 0.2) is 0 Å². The number of carboxylic acids is 1. The van der Waals surface area contributed by atoms with Gasteiger partial charge in [0.05, 0.1) is 12.1 Å². The van der Waals surface area contributed by atoms with Crippen molar-refractivity contribution in [2.75, 3.05) is 0 Å². The first-order chi connectivity index (χ1) is 5.66. The van der Waals surface area contributed by atoms with Gasteiger partial charge in [0.1, 0.15) is 0 Å². The summed E-state index contributed by atoms with van der Waals surface area (Å²) in [6, 6.07) is 0. The topological polar surface area (TPSA) is 60.4 Å². The van der Waals surface area contributed by atoms with Gasteiger partial charge in [0.2, 0.25) is 0 Å². The summed E-state index contributed by atoms with van der Waals surface area (Å²) in [6.45, 7) is 2.07. The van der Waals surface area contributed by atoms with E-state index in [4.69, 9.17) is 5.11 Å². The molecule has 0 amide bonds. The van der Waals surface area contributed by atoms with E-state index in [0.29, 0.717) is 6.42 Å². The van der Waals surface area contributed by atoms with Crippen molar-refractivity contribution in [2.45, 2.75) is 38.7 Å². The second-order valence-corrected chi connectivity index (χ2v) is 2.74. The molecule has 0 fully saturated rings. The zero-order chi connectivity index (χ0) is 9.40. The van der Waals surface area contributed by atoms with Crippen LogP contribution in [0, 0.1) is 0 Å². The van der Waals surface area contributed by atoms with E-state index in [1.54, 1.807) is 0 Å². The number of aliphatic carboxylic acids is 1. The molecule has 0 aromatic heterocycles. The highest BCUT2D eigenvalue weighted by Crippen LogP contribution is 2.03. The molecule has 1 unspecified atom stereocenters. The number of carboxylic acid groups (broad SMARTS) is 1. The summed E-state index contributed by atoms with van der Waals surface area (Å²) in [5.74, 6) is -1.26. The molecule has 0 aromatic rings. The van der Waals surface area contributed by atoms with Gasteiger partial charge in [-0.3, -0.25) is 0 Å². The second kappa shape index (κ2) is 6.85. The van der Waals surface area contributed by atoms with E-state index in [0.717, 1.165) is 25.3 Å². The Morgan fingerprint density at radius 3 is 2.75 bits per heavy atom. The molecule has 12 heavy (non-hydrogen) atoms. The van der Waals surface area contributed by atoms with Crippen molar-refractivity contribution in [1.82, 2.24) is 0 Å². The summed E-state index contributed by atoms with van der Waals surface area (Å²) in [6.07, 6.45) is 5.19. The molecule has 1 N–H and O–H groups in total. The fraction of sp³-hybridized carbons (Fsp3) is 0.667. The van der Waals surface area contributed by atoms with Crippen molar-refractivity contribution < 1.29 is 15.0 Å². The van der Waals surface area contributed by atoms with Crippen LogP contribution in [0.15, 0.2) is 12.2 Å². The van der Waals surface area contributed by atoms with Gasteiger partial charge in [-0.15, -0.1) is 0 Å². The van der Waals surface area contributed by atoms with Crippen LogP contribution in [-0.2, 0) is 4.79 Å². The molecule has 3 heteroatoms. The number of hydrogen-bond acceptors (Lipinski definition) is 3. The highest BCUT2D eigenvalue weighted by atomic mass is 16.4. The van der Waals surface area contributed by atoms with Crippen LogP contribution in [0.25, 0.3) is 0 Å². The average Bonchev–Trinajstić information content (AvgIpc) is 2.01. The van der Waals surface area contributed by atoms with E-state index >= 15 is 0 Å². The third-order valence-corrected chi connectivity index (χ3v) is 1.56. The Balaban J connectivity index is 3.45. The maximum Gasteiger partial charge on any atom is 0.0724 e. The predicted molar refractivity (Wildman–Crippen MR) is 44.3 cm³/mol. The minimum absolute atomic E-state index is 0.623. The van der Waals surface area contributed by atoms with Crippen LogP contribution in [0.4, 0.5) is 0 Å². The number of carbonyl (C=O) groups is 1. The van der Waals surface area contributed by atoms with Gasteiger partial charge in [0, 0.05) is 0 Å². The summed E-state index contributed by atoms with van der Waals surface area (Å²) in [7, 11) is 0. The van der Waals surface area contributed by atoms with Gasteiger partial charge in [-0.2, -0.15) is 0 Å². The van der Waals surface area contributed by atoms with Crippen molar-refractivity contribution in [1.29, 1.82) is 0 Å². The van der Waals surface area contributed by atoms with Crippen molar-refractivity contribution in [3.05, 3.63) is 12.2 Å². The predicted octanol–water partition coefficient (Wildman–Crippen LogP) is 0.234. The minimum Gasteiger partial charge on any atom is -0.545 e. The zero-order valence-electron chi connectivity index (χ0n) is 7.32. The van der Waals surface area contributed by atoms with Gasteiger partial charge < -0.3 is 15.0 Å². The van der Waals surface area contributed by atoms with Crippen molar-refractivity contribution in [3.8, 4) is 0 Å². The quantitative estimate of drug-likeness (QED) is 0.460. The number of carbonyl (C=O) groups excluding carboxylic acids is 1. The normalized spacial score (nSPS) is 13.5. The van der Waals surface area contributed by atoms with Gasteiger partial charge in [-0.05, 0) is 12.5 Å². The van der Waals surface area contributed by atoms with Crippen molar-refractivity contribution >= 4 is 5.97 Å². The Hall–Kier alpha value is -0.830. The van der Waals surface area contributed by atoms with Crippen LogP contribution in [-0.4, -0.2) is 17.2 Å². The fourth-order valence-corrected chi connectivity index (χ4v) is 0.889. The second-order valence-electron chi connectivity index (χ2n) is 2.74. The number of unbranched alkanes of at least 4 members (excludes halogenated alkanes) is 2. The monoisotopic (exact) mass is 171 g/mol. The highest BCUT2D eigenvalue weighted by Gasteiger charge is 1.96. The van der Waals surface area contributed by atoms with E-state index < -0.39 is 12.1 Å². The first-order valence-corrected chi connectivity index (χ1v) is 4.24. The summed E-state index contributed by atoms with van der Waals surface area (Å²) < 4.78 is 0. The van der Waals surface area contributed by atoms with Gasteiger partial charge >= 0.3 is 0 Å². The fourth-order valence-electron chi connectivity index (χ4n) is 0.889. The molecule has 0 aromatic carbocycles. The van der Waals surface area contributed by atoms with E-state index in [1.165, 1.54) is 6.08 Å². The van der Waals surface area contributed by atoms with Gasteiger partial charge in [-0.25, -0.2) is 0 Å². The van der Waals surface area contributed by atoms with Gasteiger partial charge in [-0.1, -0.05) is 32.3 Å². The maximum atomic E-state index is 9.92. The Morgan fingerprint density at radius 2 is 2.25 bits per heavy atom. The molecular formula is C9H15O3-. The zero-order valence-corrected chi connectivity index (χ0v) is 7.32. The smallest absolute Gasteiger partial charge is 0.0724 e. The SMILES string of the molecule is CCCCCC(O)/C=C/C(=O)[O-]. The molecule has 0 radical (unpaired) electrons. The van der Waals surface area contributed by atoms with Crippen LogP contribution in [0.1, 0.15) is 32.6 Å². The van der Waals surface area contributed by atoms with Gasteiger partial charge in [0.25, 0.3) is 0 Å². The molecule has 0 bridgehead atoms. The van der Waals surface area contributed by atoms with E-state index in [9.17, 15) is 9.90 Å². The molecule has 3 nitrogen and oxygen atoms in total. The van der Waals surface area contributed by atoms with Crippen LogP contribution < -0.4 is 5.11 Å². The Kier molecular flexibility index (Phi) is 6.38. The molecule has 1 atom stereocenters. The summed E-state index contributed by atoms with van der Waals surface area (Å²) >= 11 is 0. The summed E-state index contributed by atoms with van der Waals surface area (Å²) in [4.78, 5) is 9.92. The van der Waals surface area contributed by atoms with Crippen molar-refractivity contribution in [3.63, 3.8) is 0 Å². The van der Waals surface area contributed by atoms with Crippen LogP contribution >= 0.6 is 0 Å². The van der Waals surface area contributed by atoms with E-state index in [1.807, 2.05) is 0 Å². The summed E-state index contributed by atoms with van der Waals surface area (Å²) in [5.41, 5.74) is 0. The Morgan fingerprint density at radius 1 is 1.58 bits per heavy atom. The van der Waals surface area contributed by atoms with Crippen LogP contribution in [0.3, 0.4) is 0 Å². The molecule has 0 heterocycles. The third kappa shape index (κ3) is 7.28. The van der Waals surface area contributed by atoms with Crippen LogP contribution in [0.5, 0.6) is 0 Å². The Bertz CT molecular complexity index is 152. The molecule has 0 saturated heterocycles. The molecule has 0 aliphatic rings. The molecule has 70 valence electrons. The lowest BCUT2D eigenvalue weighted by Crippen LogP contribution is -2.19. The molecule has 0 rings (SSSR count). The first-order valence-electron chi connectivity index (χ1n) is 4.24.